The topological polar surface area (TPSA) is 63.2 Å². The molecule has 120 valence electrons. The van der Waals surface area contributed by atoms with E-state index in [1.54, 1.807) is 18.3 Å². The van der Waals surface area contributed by atoms with Crippen LogP contribution < -0.4 is 10.6 Å². The summed E-state index contributed by atoms with van der Waals surface area (Å²) in [7, 11) is 0. The molecule has 0 radical (unpaired) electrons. The van der Waals surface area contributed by atoms with Gasteiger partial charge < -0.3 is 15.4 Å². The number of anilines is 2. The molecule has 1 saturated heterocycles. The highest BCUT2D eigenvalue weighted by atomic mass is 79.9. The van der Waals surface area contributed by atoms with Crippen molar-refractivity contribution in [2.75, 3.05) is 23.8 Å². The van der Waals surface area contributed by atoms with Gasteiger partial charge in [-0.3, -0.25) is 4.79 Å². The summed E-state index contributed by atoms with van der Waals surface area (Å²) in [6, 6.07) is 10.9. The van der Waals surface area contributed by atoms with E-state index in [0.717, 1.165) is 36.3 Å². The average molecular weight is 376 g/mol. The van der Waals surface area contributed by atoms with Crippen molar-refractivity contribution in [1.82, 2.24) is 4.98 Å². The number of amides is 1. The van der Waals surface area contributed by atoms with Crippen molar-refractivity contribution in [2.45, 2.75) is 18.9 Å². The van der Waals surface area contributed by atoms with Crippen LogP contribution in [0.5, 0.6) is 0 Å². The molecule has 1 fully saturated rings. The van der Waals surface area contributed by atoms with Gasteiger partial charge in [-0.05, 0) is 49.2 Å². The fourth-order valence-corrected chi connectivity index (χ4v) is 2.66. The Labute approximate surface area is 143 Å². The Bertz CT molecular complexity index is 653. The van der Waals surface area contributed by atoms with Crippen LogP contribution in [0, 0.1) is 0 Å². The zero-order chi connectivity index (χ0) is 16.1. The smallest absolute Gasteiger partial charge is 0.255 e. The maximum atomic E-state index is 12.1. The lowest BCUT2D eigenvalue weighted by Gasteiger charge is -2.11. The molecule has 3 rings (SSSR count). The number of halogens is 1. The third kappa shape index (κ3) is 4.53. The first-order valence-corrected chi connectivity index (χ1v) is 8.38. The van der Waals surface area contributed by atoms with Crippen molar-refractivity contribution in [1.29, 1.82) is 0 Å². The Kier molecular flexibility index (Phi) is 5.25. The van der Waals surface area contributed by atoms with Gasteiger partial charge in [-0.2, -0.15) is 0 Å². The fourth-order valence-electron chi connectivity index (χ4n) is 2.40. The number of hydrogen-bond donors (Lipinski definition) is 2. The molecule has 1 aromatic carbocycles. The van der Waals surface area contributed by atoms with E-state index >= 15 is 0 Å². The van der Waals surface area contributed by atoms with E-state index in [2.05, 4.69) is 31.5 Å². The number of ether oxygens (including phenoxy) is 1. The highest BCUT2D eigenvalue weighted by Gasteiger charge is 2.15. The number of aromatic nitrogens is 1. The van der Waals surface area contributed by atoms with E-state index in [-0.39, 0.29) is 12.0 Å². The summed E-state index contributed by atoms with van der Waals surface area (Å²) in [6.07, 6.45) is 4.14. The molecular weight excluding hydrogens is 358 g/mol. The normalized spacial score (nSPS) is 17.0. The molecule has 2 heterocycles. The van der Waals surface area contributed by atoms with Crippen LogP contribution in [0.4, 0.5) is 11.5 Å². The maximum Gasteiger partial charge on any atom is 0.255 e. The molecule has 1 aromatic heterocycles. The second-order valence-electron chi connectivity index (χ2n) is 5.41. The first-order chi connectivity index (χ1) is 11.2. The van der Waals surface area contributed by atoms with E-state index in [1.165, 1.54) is 0 Å². The molecule has 23 heavy (non-hydrogen) atoms. The maximum absolute atomic E-state index is 12.1. The third-order valence-electron chi connectivity index (χ3n) is 3.66. The van der Waals surface area contributed by atoms with Gasteiger partial charge in [0.25, 0.3) is 5.91 Å². The first kappa shape index (κ1) is 16.0. The highest BCUT2D eigenvalue weighted by Crippen LogP contribution is 2.15. The Morgan fingerprint density at radius 2 is 2.09 bits per heavy atom. The zero-order valence-electron chi connectivity index (χ0n) is 12.6. The molecule has 1 unspecified atom stereocenters. The Balaban J connectivity index is 1.54. The van der Waals surface area contributed by atoms with Gasteiger partial charge in [0, 0.05) is 23.2 Å². The van der Waals surface area contributed by atoms with Crippen molar-refractivity contribution >= 4 is 33.3 Å². The molecule has 0 bridgehead atoms. The lowest BCUT2D eigenvalue weighted by atomic mass is 10.2. The van der Waals surface area contributed by atoms with Crippen LogP contribution in [-0.4, -0.2) is 30.1 Å². The molecule has 0 spiro atoms. The predicted octanol–water partition coefficient (Wildman–Crippen LogP) is 3.69. The lowest BCUT2D eigenvalue weighted by molar-refractivity contribution is 0.102. The molecule has 0 aliphatic carbocycles. The van der Waals surface area contributed by atoms with Crippen LogP contribution in [0.2, 0.25) is 0 Å². The Hall–Kier alpha value is -1.92. The summed E-state index contributed by atoms with van der Waals surface area (Å²) in [6.45, 7) is 1.61. The summed E-state index contributed by atoms with van der Waals surface area (Å²) < 4.78 is 6.50. The molecular formula is C17H18BrN3O2. The molecule has 2 N–H and O–H groups in total. The van der Waals surface area contributed by atoms with Crippen molar-refractivity contribution in [3.05, 3.63) is 52.6 Å². The second kappa shape index (κ2) is 7.57. The van der Waals surface area contributed by atoms with Crippen LogP contribution in [-0.2, 0) is 4.74 Å². The summed E-state index contributed by atoms with van der Waals surface area (Å²) in [5, 5.41) is 6.08. The van der Waals surface area contributed by atoms with E-state index in [0.29, 0.717) is 11.3 Å². The highest BCUT2D eigenvalue weighted by molar-refractivity contribution is 9.10. The quantitative estimate of drug-likeness (QED) is 0.836. The van der Waals surface area contributed by atoms with Crippen molar-refractivity contribution < 1.29 is 9.53 Å². The van der Waals surface area contributed by atoms with Gasteiger partial charge in [-0.15, -0.1) is 0 Å². The van der Waals surface area contributed by atoms with Crippen LogP contribution in [0.3, 0.4) is 0 Å². The van der Waals surface area contributed by atoms with Crippen LogP contribution in [0.1, 0.15) is 23.2 Å². The minimum absolute atomic E-state index is 0.153. The van der Waals surface area contributed by atoms with E-state index in [1.807, 2.05) is 24.3 Å². The summed E-state index contributed by atoms with van der Waals surface area (Å²) in [5.74, 6) is 0.626. The van der Waals surface area contributed by atoms with E-state index < -0.39 is 0 Å². The van der Waals surface area contributed by atoms with Gasteiger partial charge in [0.15, 0.2) is 0 Å². The van der Waals surface area contributed by atoms with Gasteiger partial charge in [0.05, 0.1) is 18.0 Å². The molecule has 2 aromatic rings. The summed E-state index contributed by atoms with van der Waals surface area (Å²) >= 11 is 3.35. The van der Waals surface area contributed by atoms with Gasteiger partial charge in [0.1, 0.15) is 5.82 Å². The van der Waals surface area contributed by atoms with Crippen LogP contribution in [0.25, 0.3) is 0 Å². The number of nitrogens with one attached hydrogen (secondary N) is 2. The molecule has 0 saturated carbocycles. The summed E-state index contributed by atoms with van der Waals surface area (Å²) in [4.78, 5) is 16.4. The van der Waals surface area contributed by atoms with E-state index in [4.69, 9.17) is 4.74 Å². The minimum atomic E-state index is -0.153. The molecule has 1 aliphatic rings. The van der Waals surface area contributed by atoms with Crippen molar-refractivity contribution in [3.8, 4) is 0 Å². The van der Waals surface area contributed by atoms with Crippen molar-refractivity contribution in [2.24, 2.45) is 0 Å². The standard InChI is InChI=1S/C17H18BrN3O2/c18-13-5-3-12(4-6-13)17(22)21-14-7-8-16(19-10-14)20-11-15-2-1-9-23-15/h3-8,10,15H,1-2,9,11H2,(H,19,20)(H,21,22). The van der Waals surface area contributed by atoms with Crippen LogP contribution >= 0.6 is 15.9 Å². The lowest BCUT2D eigenvalue weighted by Crippen LogP contribution is -2.19. The predicted molar refractivity (Wildman–Crippen MR) is 93.8 cm³/mol. The molecule has 1 amide bonds. The first-order valence-electron chi connectivity index (χ1n) is 7.59. The fraction of sp³-hybridized carbons (Fsp3) is 0.294. The largest absolute Gasteiger partial charge is 0.376 e. The SMILES string of the molecule is O=C(Nc1ccc(NCC2CCCO2)nc1)c1ccc(Br)cc1. The number of benzene rings is 1. The van der Waals surface area contributed by atoms with E-state index in [9.17, 15) is 4.79 Å². The number of hydrogen-bond acceptors (Lipinski definition) is 4. The monoisotopic (exact) mass is 375 g/mol. The van der Waals surface area contributed by atoms with Gasteiger partial charge in [-0.1, -0.05) is 15.9 Å². The Morgan fingerprint density at radius 1 is 1.26 bits per heavy atom. The third-order valence-corrected chi connectivity index (χ3v) is 4.19. The molecule has 5 nitrogen and oxygen atoms in total. The number of pyridine rings is 1. The molecule has 1 atom stereocenters. The van der Waals surface area contributed by atoms with Gasteiger partial charge >= 0.3 is 0 Å². The van der Waals surface area contributed by atoms with Crippen LogP contribution in [0.15, 0.2) is 47.1 Å². The molecule has 6 heteroatoms. The second-order valence-corrected chi connectivity index (χ2v) is 6.32. The van der Waals surface area contributed by atoms with Gasteiger partial charge in [-0.25, -0.2) is 4.98 Å². The molecule has 1 aliphatic heterocycles. The number of carbonyl (C=O) groups excluding carboxylic acids is 1. The number of carbonyl (C=O) groups is 1. The minimum Gasteiger partial charge on any atom is -0.376 e. The average Bonchev–Trinajstić information content (AvgIpc) is 3.08. The van der Waals surface area contributed by atoms with Gasteiger partial charge in [0.2, 0.25) is 0 Å². The number of nitrogens with zero attached hydrogens (tertiary/aromatic N) is 1. The van der Waals surface area contributed by atoms with Crippen molar-refractivity contribution in [3.63, 3.8) is 0 Å². The Morgan fingerprint density at radius 3 is 2.74 bits per heavy atom. The summed E-state index contributed by atoms with van der Waals surface area (Å²) in [5.41, 5.74) is 1.27. The zero-order valence-corrected chi connectivity index (χ0v) is 14.2. The number of rotatable bonds is 5.